The number of nitrogens with zero attached hydrogens (tertiary/aromatic N) is 4. The van der Waals surface area contributed by atoms with Crippen LogP contribution in [-0.2, 0) is 16.2 Å². The Labute approximate surface area is 243 Å². The van der Waals surface area contributed by atoms with Crippen LogP contribution in [0, 0.1) is 23.1 Å². The summed E-state index contributed by atoms with van der Waals surface area (Å²) in [5.74, 6) is -0.822. The van der Waals surface area contributed by atoms with Gasteiger partial charge in [0, 0.05) is 35.0 Å². The second-order valence-corrected chi connectivity index (χ2v) is 10.4. The van der Waals surface area contributed by atoms with Crippen LogP contribution in [0.2, 0.25) is 0 Å². The van der Waals surface area contributed by atoms with E-state index in [1.165, 1.54) is 6.07 Å². The number of amides is 2. The number of carbonyl (C=O) groups is 2. The molecular weight excluding hydrogens is 531 g/mol. The molecule has 0 N–H and O–H groups in total. The second-order valence-electron chi connectivity index (χ2n) is 10.4. The quantitative estimate of drug-likeness (QED) is 0.181. The molecule has 4 aromatic rings. The monoisotopic (exact) mass is 560 g/mol. The molecule has 0 radical (unpaired) electrons. The lowest BCUT2D eigenvalue weighted by molar-refractivity contribution is -0.141. The highest BCUT2D eigenvalue weighted by molar-refractivity contribution is 6.19. The highest BCUT2D eigenvalue weighted by atomic mass is 19.1. The Hall–Kier alpha value is -5.29. The lowest BCUT2D eigenvalue weighted by Crippen LogP contribution is -2.44. The van der Waals surface area contributed by atoms with Crippen molar-refractivity contribution in [3.63, 3.8) is 0 Å². The summed E-state index contributed by atoms with van der Waals surface area (Å²) in [7, 11) is 0. The van der Waals surface area contributed by atoms with Gasteiger partial charge in [-0.2, -0.15) is 10.4 Å². The lowest BCUT2D eigenvalue weighted by atomic mass is 9.92. The minimum Gasteiger partial charge on any atom is -0.489 e. The SMILES string of the molecule is CC1=C(C#N)C(=O)N(CC(C)C)C(=O)/C1=C/c1cn(-c2ccccc2)nc1-c1cccc(OCc2ccccc2F)c1. The molecule has 42 heavy (non-hydrogen) atoms. The fraction of sp³-hybridized carbons (Fsp3) is 0.176. The van der Waals surface area contributed by atoms with Crippen molar-refractivity contribution >= 4 is 17.9 Å². The summed E-state index contributed by atoms with van der Waals surface area (Å²) >= 11 is 0. The van der Waals surface area contributed by atoms with E-state index >= 15 is 0 Å². The van der Waals surface area contributed by atoms with E-state index in [0.717, 1.165) is 10.6 Å². The number of carbonyl (C=O) groups excluding carboxylic acids is 2. The smallest absolute Gasteiger partial charge is 0.271 e. The van der Waals surface area contributed by atoms with Crippen LogP contribution in [0.4, 0.5) is 4.39 Å². The van der Waals surface area contributed by atoms with E-state index < -0.39 is 11.8 Å². The average molecular weight is 561 g/mol. The summed E-state index contributed by atoms with van der Waals surface area (Å²) in [5, 5.41) is 14.6. The number of nitriles is 1. The third-order valence-electron chi connectivity index (χ3n) is 6.90. The normalized spacial score (nSPS) is 14.6. The molecule has 0 unspecified atom stereocenters. The van der Waals surface area contributed by atoms with Gasteiger partial charge in [-0.15, -0.1) is 0 Å². The number of rotatable bonds is 8. The highest BCUT2D eigenvalue weighted by Crippen LogP contribution is 2.32. The number of halogens is 1. The molecule has 3 aromatic carbocycles. The molecule has 0 fully saturated rings. The molecule has 1 aliphatic rings. The van der Waals surface area contributed by atoms with Gasteiger partial charge < -0.3 is 4.74 Å². The van der Waals surface area contributed by atoms with Crippen LogP contribution in [-0.4, -0.2) is 33.0 Å². The Morgan fingerprint density at radius 2 is 1.74 bits per heavy atom. The zero-order chi connectivity index (χ0) is 29.8. The van der Waals surface area contributed by atoms with Gasteiger partial charge >= 0.3 is 0 Å². The van der Waals surface area contributed by atoms with Crippen molar-refractivity contribution in [2.75, 3.05) is 6.54 Å². The van der Waals surface area contributed by atoms with Crippen molar-refractivity contribution in [1.29, 1.82) is 5.26 Å². The van der Waals surface area contributed by atoms with E-state index in [-0.39, 0.29) is 36.0 Å². The van der Waals surface area contributed by atoms with E-state index in [0.29, 0.717) is 33.7 Å². The number of imide groups is 1. The molecule has 2 amide bonds. The predicted octanol–water partition coefficient (Wildman–Crippen LogP) is 6.51. The number of hydrogen-bond donors (Lipinski definition) is 0. The van der Waals surface area contributed by atoms with Crippen LogP contribution < -0.4 is 4.74 Å². The molecule has 0 saturated heterocycles. The summed E-state index contributed by atoms with van der Waals surface area (Å²) in [6.45, 7) is 5.69. The van der Waals surface area contributed by atoms with Gasteiger partial charge in [0.05, 0.1) is 5.69 Å². The molecule has 1 aromatic heterocycles. The van der Waals surface area contributed by atoms with E-state index in [2.05, 4.69) is 0 Å². The van der Waals surface area contributed by atoms with Crippen molar-refractivity contribution in [2.24, 2.45) is 5.92 Å². The maximum absolute atomic E-state index is 14.1. The van der Waals surface area contributed by atoms with Crippen molar-refractivity contribution in [3.8, 4) is 28.8 Å². The van der Waals surface area contributed by atoms with Crippen molar-refractivity contribution in [1.82, 2.24) is 14.7 Å². The standard InChI is InChI=1S/C34H29FN4O3/c1-22(2)19-38-33(40)29(23(3)30(18-36)34(38)41)17-26-20-39(27-12-5-4-6-13-27)37-32(26)24-11-9-14-28(16-24)42-21-25-10-7-8-15-31(25)35/h4-17,20,22H,19,21H2,1-3H3/b29-17+. The third kappa shape index (κ3) is 5.77. The predicted molar refractivity (Wildman–Crippen MR) is 158 cm³/mol. The summed E-state index contributed by atoms with van der Waals surface area (Å²) in [5.41, 5.74) is 3.67. The van der Waals surface area contributed by atoms with Crippen LogP contribution in [0.25, 0.3) is 23.0 Å². The summed E-state index contributed by atoms with van der Waals surface area (Å²) in [6.07, 6.45) is 3.49. The number of para-hydroxylation sites is 1. The van der Waals surface area contributed by atoms with Gasteiger partial charge in [0.2, 0.25) is 0 Å². The van der Waals surface area contributed by atoms with Gasteiger partial charge in [-0.05, 0) is 54.8 Å². The first-order chi connectivity index (χ1) is 20.3. The minimum atomic E-state index is -0.578. The zero-order valence-electron chi connectivity index (χ0n) is 23.5. The first-order valence-electron chi connectivity index (χ1n) is 13.6. The molecule has 0 bridgehead atoms. The topological polar surface area (TPSA) is 88.2 Å². The number of ether oxygens (including phenoxy) is 1. The molecule has 210 valence electrons. The Bertz CT molecular complexity index is 1760. The molecule has 7 nitrogen and oxygen atoms in total. The van der Waals surface area contributed by atoms with Gasteiger partial charge in [0.25, 0.3) is 11.8 Å². The van der Waals surface area contributed by atoms with E-state index in [1.807, 2.05) is 62.4 Å². The van der Waals surface area contributed by atoms with E-state index in [9.17, 15) is 19.2 Å². The van der Waals surface area contributed by atoms with Crippen LogP contribution >= 0.6 is 0 Å². The van der Waals surface area contributed by atoms with Crippen LogP contribution in [0.3, 0.4) is 0 Å². The molecule has 0 atom stereocenters. The number of benzene rings is 3. The molecule has 2 heterocycles. The Morgan fingerprint density at radius 3 is 2.45 bits per heavy atom. The van der Waals surface area contributed by atoms with E-state index in [4.69, 9.17) is 9.84 Å². The van der Waals surface area contributed by atoms with Gasteiger partial charge in [0.1, 0.15) is 35.5 Å². The first-order valence-corrected chi connectivity index (χ1v) is 13.6. The summed E-state index contributed by atoms with van der Waals surface area (Å²) in [6, 6.07) is 25.2. The fourth-order valence-corrected chi connectivity index (χ4v) is 4.76. The van der Waals surface area contributed by atoms with Gasteiger partial charge in [-0.3, -0.25) is 14.5 Å². The minimum absolute atomic E-state index is 0.0287. The molecule has 0 aliphatic carbocycles. The van der Waals surface area contributed by atoms with Crippen molar-refractivity contribution in [2.45, 2.75) is 27.4 Å². The highest BCUT2D eigenvalue weighted by Gasteiger charge is 2.36. The molecular formula is C34H29FN4O3. The maximum Gasteiger partial charge on any atom is 0.271 e. The molecule has 0 saturated carbocycles. The number of aromatic nitrogens is 2. The van der Waals surface area contributed by atoms with Crippen LogP contribution in [0.5, 0.6) is 5.75 Å². The zero-order valence-corrected chi connectivity index (χ0v) is 23.5. The second kappa shape index (κ2) is 12.1. The Morgan fingerprint density at radius 1 is 1.00 bits per heavy atom. The van der Waals surface area contributed by atoms with Crippen LogP contribution in [0.15, 0.2) is 102 Å². The molecule has 0 spiro atoms. The van der Waals surface area contributed by atoms with Gasteiger partial charge in [0.15, 0.2) is 0 Å². The fourth-order valence-electron chi connectivity index (χ4n) is 4.76. The summed E-state index contributed by atoms with van der Waals surface area (Å²) in [4.78, 5) is 27.7. The first kappa shape index (κ1) is 28.2. The molecule has 8 heteroatoms. The van der Waals surface area contributed by atoms with Crippen molar-refractivity contribution < 1.29 is 18.7 Å². The third-order valence-corrected chi connectivity index (χ3v) is 6.90. The lowest BCUT2D eigenvalue weighted by Gasteiger charge is -2.28. The molecule has 1 aliphatic heterocycles. The summed E-state index contributed by atoms with van der Waals surface area (Å²) < 4.78 is 21.8. The average Bonchev–Trinajstić information content (AvgIpc) is 3.42. The number of hydrogen-bond acceptors (Lipinski definition) is 5. The van der Waals surface area contributed by atoms with Gasteiger partial charge in [-0.1, -0.05) is 62.4 Å². The Kier molecular flexibility index (Phi) is 8.12. The van der Waals surface area contributed by atoms with Gasteiger partial charge in [-0.25, -0.2) is 9.07 Å². The largest absolute Gasteiger partial charge is 0.489 e. The van der Waals surface area contributed by atoms with E-state index in [1.54, 1.807) is 54.2 Å². The van der Waals surface area contributed by atoms with Crippen molar-refractivity contribution in [3.05, 3.63) is 119 Å². The Balaban J connectivity index is 1.60. The maximum atomic E-state index is 14.1. The molecule has 5 rings (SSSR count). The van der Waals surface area contributed by atoms with Crippen LogP contribution in [0.1, 0.15) is 31.9 Å².